The first kappa shape index (κ1) is 14.2. The minimum Gasteiger partial charge on any atom is -0.390 e. The molecule has 0 saturated heterocycles. The van der Waals surface area contributed by atoms with Gasteiger partial charge in [0.1, 0.15) is 0 Å². The van der Waals surface area contributed by atoms with Gasteiger partial charge in [0.2, 0.25) is 0 Å². The lowest BCUT2D eigenvalue weighted by Gasteiger charge is -2.22. The molecule has 4 aliphatic carbocycles. The third kappa shape index (κ3) is 2.90. The fourth-order valence-corrected chi connectivity index (χ4v) is 6.70. The zero-order valence-corrected chi connectivity index (χ0v) is 13.7. The molecule has 4 rings (SSSR count). The van der Waals surface area contributed by atoms with Gasteiger partial charge >= 0.3 is 0 Å². The molecule has 4 saturated carbocycles. The van der Waals surface area contributed by atoms with Gasteiger partial charge in [-0.05, 0) is 63.2 Å². The zero-order chi connectivity index (χ0) is 13.8. The zero-order valence-electron chi connectivity index (χ0n) is 12.1. The van der Waals surface area contributed by atoms with Crippen molar-refractivity contribution in [2.45, 2.75) is 73.1 Å². The van der Waals surface area contributed by atoms with Crippen LogP contribution in [0.15, 0.2) is 0 Å². The molecular weight excluding hydrogens is 288 g/mol. The highest BCUT2D eigenvalue weighted by atomic mass is 32.2. The third-order valence-corrected chi connectivity index (χ3v) is 9.30. The standard InChI is InChI=1S/C16H26O2S2/c17-13(9-19-15(5-6-15)11-1-2-11)14(18)10-20-16(7-8-16)12-3-4-12/h11-14,17-18H,1-10H2/t13-,14+. The van der Waals surface area contributed by atoms with E-state index >= 15 is 0 Å². The summed E-state index contributed by atoms with van der Waals surface area (Å²) in [6, 6.07) is 0. The van der Waals surface area contributed by atoms with Gasteiger partial charge in [0.15, 0.2) is 0 Å². The van der Waals surface area contributed by atoms with E-state index in [1.54, 1.807) is 0 Å². The molecule has 0 aromatic carbocycles. The second-order valence-electron chi connectivity index (χ2n) is 7.43. The molecule has 114 valence electrons. The van der Waals surface area contributed by atoms with Crippen molar-refractivity contribution in [2.75, 3.05) is 11.5 Å². The summed E-state index contributed by atoms with van der Waals surface area (Å²) in [5.74, 6) is 3.31. The number of hydrogen-bond donors (Lipinski definition) is 2. The van der Waals surface area contributed by atoms with Gasteiger partial charge in [0, 0.05) is 21.0 Å². The van der Waals surface area contributed by atoms with Crippen LogP contribution >= 0.6 is 23.5 Å². The van der Waals surface area contributed by atoms with E-state index in [0.717, 1.165) is 23.3 Å². The van der Waals surface area contributed by atoms with Crippen LogP contribution in [0.4, 0.5) is 0 Å². The molecule has 2 N–H and O–H groups in total. The molecule has 0 aromatic rings. The Labute approximate surface area is 130 Å². The molecule has 0 aliphatic heterocycles. The second-order valence-corrected chi connectivity index (χ2v) is 10.3. The van der Waals surface area contributed by atoms with Crippen molar-refractivity contribution in [3.8, 4) is 0 Å². The molecule has 0 spiro atoms. The lowest BCUT2D eigenvalue weighted by Crippen LogP contribution is -2.32. The average Bonchev–Trinajstić information content (AvgIpc) is 3.26. The number of rotatable bonds is 9. The molecule has 2 nitrogen and oxygen atoms in total. The Morgan fingerprint density at radius 3 is 1.35 bits per heavy atom. The quantitative estimate of drug-likeness (QED) is 0.686. The van der Waals surface area contributed by atoms with Crippen LogP contribution in [-0.2, 0) is 0 Å². The van der Waals surface area contributed by atoms with E-state index in [0.29, 0.717) is 9.49 Å². The minimum atomic E-state index is -0.529. The topological polar surface area (TPSA) is 40.5 Å². The Bertz CT molecular complexity index is 335. The van der Waals surface area contributed by atoms with Gasteiger partial charge in [0.25, 0.3) is 0 Å². The highest BCUT2D eigenvalue weighted by Crippen LogP contribution is 2.63. The average molecular weight is 315 g/mol. The smallest absolute Gasteiger partial charge is 0.0897 e. The Balaban J connectivity index is 1.19. The molecule has 2 atom stereocenters. The van der Waals surface area contributed by atoms with E-state index in [1.165, 1.54) is 51.4 Å². The maximum absolute atomic E-state index is 10.2. The first-order valence-electron chi connectivity index (χ1n) is 8.28. The minimum absolute atomic E-state index is 0.513. The predicted molar refractivity (Wildman–Crippen MR) is 86.3 cm³/mol. The van der Waals surface area contributed by atoms with Crippen molar-refractivity contribution >= 4 is 23.5 Å². The summed E-state index contributed by atoms with van der Waals surface area (Å²) in [6.45, 7) is 0. The summed E-state index contributed by atoms with van der Waals surface area (Å²) in [7, 11) is 0. The predicted octanol–water partition coefficient (Wildman–Crippen LogP) is 3.06. The van der Waals surface area contributed by atoms with Crippen LogP contribution in [0.3, 0.4) is 0 Å². The summed E-state index contributed by atoms with van der Waals surface area (Å²) in [5.41, 5.74) is 0. The molecule has 0 unspecified atom stereocenters. The van der Waals surface area contributed by atoms with Gasteiger partial charge in [-0.15, -0.1) is 0 Å². The normalized spacial score (nSPS) is 32.7. The molecule has 4 fully saturated rings. The van der Waals surface area contributed by atoms with E-state index < -0.39 is 12.2 Å². The van der Waals surface area contributed by atoms with Gasteiger partial charge in [-0.3, -0.25) is 0 Å². The van der Waals surface area contributed by atoms with Crippen LogP contribution in [0.1, 0.15) is 51.4 Å². The fourth-order valence-electron chi connectivity index (χ4n) is 3.53. The third-order valence-electron chi connectivity index (χ3n) is 5.66. The molecule has 0 radical (unpaired) electrons. The molecule has 0 bridgehead atoms. The Kier molecular flexibility index (Phi) is 3.61. The van der Waals surface area contributed by atoms with E-state index in [9.17, 15) is 10.2 Å². The molecule has 20 heavy (non-hydrogen) atoms. The van der Waals surface area contributed by atoms with Crippen molar-refractivity contribution in [3.63, 3.8) is 0 Å². The van der Waals surface area contributed by atoms with E-state index in [1.807, 2.05) is 23.5 Å². The summed E-state index contributed by atoms with van der Waals surface area (Å²) in [6.07, 6.45) is 9.87. The van der Waals surface area contributed by atoms with E-state index in [4.69, 9.17) is 0 Å². The Morgan fingerprint density at radius 1 is 0.750 bits per heavy atom. The highest BCUT2D eigenvalue weighted by Gasteiger charge is 2.55. The molecule has 0 aromatic heterocycles. The molecule has 4 aliphatic rings. The van der Waals surface area contributed by atoms with Gasteiger partial charge in [-0.1, -0.05) is 0 Å². The Morgan fingerprint density at radius 2 is 1.10 bits per heavy atom. The summed E-state index contributed by atoms with van der Waals surface area (Å²) < 4.78 is 1.03. The lowest BCUT2D eigenvalue weighted by molar-refractivity contribution is 0.0498. The lowest BCUT2D eigenvalue weighted by atomic mass is 10.2. The van der Waals surface area contributed by atoms with Gasteiger partial charge in [-0.2, -0.15) is 23.5 Å². The highest BCUT2D eigenvalue weighted by molar-refractivity contribution is 8.01. The van der Waals surface area contributed by atoms with E-state index in [2.05, 4.69) is 0 Å². The van der Waals surface area contributed by atoms with Crippen molar-refractivity contribution in [2.24, 2.45) is 11.8 Å². The first-order valence-corrected chi connectivity index (χ1v) is 10.2. The van der Waals surface area contributed by atoms with Crippen LogP contribution in [0.2, 0.25) is 0 Å². The van der Waals surface area contributed by atoms with Crippen LogP contribution < -0.4 is 0 Å². The van der Waals surface area contributed by atoms with Crippen molar-refractivity contribution < 1.29 is 10.2 Å². The largest absolute Gasteiger partial charge is 0.390 e. The van der Waals surface area contributed by atoms with Crippen LogP contribution in [-0.4, -0.2) is 43.4 Å². The molecule has 0 heterocycles. The number of hydrogen-bond acceptors (Lipinski definition) is 4. The maximum atomic E-state index is 10.2. The van der Waals surface area contributed by atoms with Crippen LogP contribution in [0.25, 0.3) is 0 Å². The first-order chi connectivity index (χ1) is 9.64. The summed E-state index contributed by atoms with van der Waals surface area (Å²) in [4.78, 5) is 0. The second kappa shape index (κ2) is 5.07. The molecular formula is C16H26O2S2. The maximum Gasteiger partial charge on any atom is 0.0897 e. The van der Waals surface area contributed by atoms with Gasteiger partial charge in [-0.25, -0.2) is 0 Å². The summed E-state index contributed by atoms with van der Waals surface area (Å²) in [5, 5.41) is 20.4. The summed E-state index contributed by atoms with van der Waals surface area (Å²) >= 11 is 3.89. The SMILES string of the molecule is O[C@H](CSC1(C2CC2)CC1)[C@@H](O)CSC1(C2CC2)CC1. The monoisotopic (exact) mass is 314 g/mol. The number of thioether (sulfide) groups is 2. The van der Waals surface area contributed by atoms with Crippen LogP contribution in [0.5, 0.6) is 0 Å². The molecule has 4 heteroatoms. The Hall–Kier alpha value is 0.620. The van der Waals surface area contributed by atoms with Gasteiger partial charge < -0.3 is 10.2 Å². The van der Waals surface area contributed by atoms with E-state index in [-0.39, 0.29) is 0 Å². The number of aliphatic hydroxyl groups is 2. The number of aliphatic hydroxyl groups excluding tert-OH is 2. The van der Waals surface area contributed by atoms with Crippen LogP contribution in [0, 0.1) is 11.8 Å². The fraction of sp³-hybridized carbons (Fsp3) is 1.00. The van der Waals surface area contributed by atoms with Crippen molar-refractivity contribution in [3.05, 3.63) is 0 Å². The van der Waals surface area contributed by atoms with Gasteiger partial charge in [0.05, 0.1) is 12.2 Å². The molecule has 0 amide bonds. The van der Waals surface area contributed by atoms with Crippen molar-refractivity contribution in [1.82, 2.24) is 0 Å². The van der Waals surface area contributed by atoms with Crippen molar-refractivity contribution in [1.29, 1.82) is 0 Å².